The molecule has 6 heteroatoms. The average Bonchev–Trinajstić information content (AvgIpc) is 2.72. The molecule has 0 radical (unpaired) electrons. The van der Waals surface area contributed by atoms with E-state index in [1.54, 1.807) is 0 Å². The lowest BCUT2D eigenvalue weighted by molar-refractivity contribution is -0.137. The number of fused-ring (bicyclic) bond motifs is 2. The van der Waals surface area contributed by atoms with E-state index in [4.69, 9.17) is 4.74 Å². The summed E-state index contributed by atoms with van der Waals surface area (Å²) in [5.74, 6) is -0.383. The second kappa shape index (κ2) is 8.42. The highest BCUT2D eigenvalue weighted by molar-refractivity contribution is 5.98. The van der Waals surface area contributed by atoms with Gasteiger partial charge < -0.3 is 4.74 Å². The predicted molar refractivity (Wildman–Crippen MR) is 108 cm³/mol. The molecule has 2 aromatic rings. The Hall–Kier alpha value is -2.34. The number of hydrogen-bond acceptors (Lipinski definition) is 3. The molecule has 4 rings (SSSR count). The molecule has 0 saturated carbocycles. The van der Waals surface area contributed by atoms with Crippen molar-refractivity contribution >= 4 is 5.78 Å². The van der Waals surface area contributed by atoms with Crippen LogP contribution in [-0.4, -0.2) is 29.9 Å². The van der Waals surface area contributed by atoms with E-state index in [0.717, 1.165) is 37.9 Å². The van der Waals surface area contributed by atoms with E-state index in [1.807, 2.05) is 18.2 Å². The van der Waals surface area contributed by atoms with Gasteiger partial charge in [0.2, 0.25) is 0 Å². The van der Waals surface area contributed by atoms with Crippen LogP contribution in [0.3, 0.4) is 0 Å². The normalized spacial score (nSPS) is 24.5. The molecular weight excluding hydrogens is 391 g/mol. The monoisotopic (exact) mass is 417 g/mol. The fourth-order valence-corrected chi connectivity index (χ4v) is 5.00. The molecule has 0 aliphatic carbocycles. The van der Waals surface area contributed by atoms with Crippen molar-refractivity contribution < 1.29 is 22.7 Å². The van der Waals surface area contributed by atoms with Crippen LogP contribution in [0, 0.1) is 5.92 Å². The summed E-state index contributed by atoms with van der Waals surface area (Å²) in [6.07, 6.45) is 0.0670. The number of carbonyl (C=O) groups is 1. The summed E-state index contributed by atoms with van der Waals surface area (Å²) in [5.41, 5.74) is 0.509. The van der Waals surface area contributed by atoms with Gasteiger partial charge in [-0.25, -0.2) is 0 Å². The zero-order chi connectivity index (χ0) is 21.3. The third-order valence-corrected chi connectivity index (χ3v) is 6.46. The van der Waals surface area contributed by atoms with Crippen molar-refractivity contribution in [2.75, 3.05) is 7.11 Å². The Balaban J connectivity index is 1.54. The lowest BCUT2D eigenvalue weighted by atomic mass is 9.75. The van der Waals surface area contributed by atoms with Crippen LogP contribution in [0.5, 0.6) is 5.75 Å². The highest BCUT2D eigenvalue weighted by Gasteiger charge is 2.41. The molecular formula is C24H26F3NO2. The molecule has 160 valence electrons. The van der Waals surface area contributed by atoms with Crippen LogP contribution in [0.25, 0.3) is 0 Å². The molecule has 2 atom stereocenters. The van der Waals surface area contributed by atoms with Crippen molar-refractivity contribution in [3.8, 4) is 5.75 Å². The smallest absolute Gasteiger partial charge is 0.416 e. The minimum atomic E-state index is -4.51. The number of carbonyl (C=O) groups excluding carboxylic acids is 1. The van der Waals surface area contributed by atoms with Crippen LogP contribution in [0.2, 0.25) is 0 Å². The standard InChI is InChI=1S/C24H26F3NO2/c1-30-22-13-17(10-19(14-22)24(25,26)27)23(29)18-11-20-8-5-9-21(12-18)28(20)15-16-6-3-2-4-7-16/h2-4,6-7,10,13-14,18,20-21H,5,8-9,11-12,15H2,1H3. The molecule has 2 bridgehead atoms. The number of Topliss-reactive ketones (excluding diaryl/α,β-unsaturated/α-hetero) is 1. The molecule has 30 heavy (non-hydrogen) atoms. The maximum atomic E-state index is 13.3. The minimum absolute atomic E-state index is 0.0647. The summed E-state index contributed by atoms with van der Waals surface area (Å²) in [6.45, 7) is 0.856. The maximum absolute atomic E-state index is 13.3. The van der Waals surface area contributed by atoms with Gasteiger partial charge in [-0.05, 0) is 49.4 Å². The number of nitrogens with zero attached hydrogens (tertiary/aromatic N) is 1. The summed E-state index contributed by atoms with van der Waals surface area (Å²) >= 11 is 0. The third kappa shape index (κ3) is 4.38. The van der Waals surface area contributed by atoms with E-state index < -0.39 is 11.7 Å². The Morgan fingerprint density at radius 3 is 2.33 bits per heavy atom. The summed E-state index contributed by atoms with van der Waals surface area (Å²) in [5, 5.41) is 0. The Labute approximate surface area is 174 Å². The number of ether oxygens (including phenoxy) is 1. The van der Waals surface area contributed by atoms with Gasteiger partial charge in [-0.2, -0.15) is 13.2 Å². The lowest BCUT2D eigenvalue weighted by Gasteiger charge is -2.48. The van der Waals surface area contributed by atoms with Gasteiger partial charge in [0.05, 0.1) is 12.7 Å². The van der Waals surface area contributed by atoms with E-state index in [9.17, 15) is 18.0 Å². The van der Waals surface area contributed by atoms with Crippen molar-refractivity contribution in [1.82, 2.24) is 4.90 Å². The van der Waals surface area contributed by atoms with Gasteiger partial charge in [0.25, 0.3) is 0 Å². The van der Waals surface area contributed by atoms with Crippen LogP contribution >= 0.6 is 0 Å². The highest BCUT2D eigenvalue weighted by atomic mass is 19.4. The number of alkyl halides is 3. The zero-order valence-electron chi connectivity index (χ0n) is 17.0. The molecule has 0 aromatic heterocycles. The maximum Gasteiger partial charge on any atom is 0.416 e. The number of ketones is 1. The number of piperidine rings is 2. The van der Waals surface area contributed by atoms with Crippen LogP contribution in [0.4, 0.5) is 13.2 Å². The first-order valence-electron chi connectivity index (χ1n) is 10.5. The molecule has 2 saturated heterocycles. The van der Waals surface area contributed by atoms with Crippen LogP contribution < -0.4 is 4.74 Å². The Morgan fingerprint density at radius 2 is 1.73 bits per heavy atom. The summed E-state index contributed by atoms with van der Waals surface area (Å²) < 4.78 is 44.8. The molecule has 0 amide bonds. The second-order valence-corrected chi connectivity index (χ2v) is 8.38. The van der Waals surface area contributed by atoms with E-state index in [0.29, 0.717) is 24.9 Å². The summed E-state index contributed by atoms with van der Waals surface area (Å²) in [7, 11) is 1.32. The molecule has 2 fully saturated rings. The first-order chi connectivity index (χ1) is 14.3. The Morgan fingerprint density at radius 1 is 1.07 bits per heavy atom. The topological polar surface area (TPSA) is 29.5 Å². The Bertz CT molecular complexity index is 883. The number of methoxy groups -OCH3 is 1. The largest absolute Gasteiger partial charge is 0.497 e. The number of halogens is 3. The molecule has 2 aromatic carbocycles. The molecule has 2 unspecified atom stereocenters. The quantitative estimate of drug-likeness (QED) is 0.582. The van der Waals surface area contributed by atoms with Gasteiger partial charge in [-0.3, -0.25) is 9.69 Å². The zero-order valence-corrected chi connectivity index (χ0v) is 17.0. The van der Waals surface area contributed by atoms with E-state index in [-0.39, 0.29) is 23.0 Å². The first-order valence-corrected chi connectivity index (χ1v) is 10.5. The van der Waals surface area contributed by atoms with Crippen molar-refractivity contribution in [3.63, 3.8) is 0 Å². The van der Waals surface area contributed by atoms with E-state index >= 15 is 0 Å². The van der Waals surface area contributed by atoms with Crippen molar-refractivity contribution in [3.05, 3.63) is 65.2 Å². The van der Waals surface area contributed by atoms with Gasteiger partial charge in [0.15, 0.2) is 5.78 Å². The molecule has 2 aliphatic heterocycles. The van der Waals surface area contributed by atoms with Crippen LogP contribution in [-0.2, 0) is 12.7 Å². The lowest BCUT2D eigenvalue weighted by Crippen LogP contribution is -2.52. The molecule has 2 aliphatic rings. The first kappa shape index (κ1) is 20.9. The van der Waals surface area contributed by atoms with Crippen molar-refractivity contribution in [2.24, 2.45) is 5.92 Å². The number of benzene rings is 2. The second-order valence-electron chi connectivity index (χ2n) is 8.38. The SMILES string of the molecule is COc1cc(C(=O)C2CC3CCCC(C2)N3Cc2ccccc2)cc(C(F)(F)F)c1. The molecule has 0 N–H and O–H groups in total. The van der Waals surface area contributed by atoms with Gasteiger partial charge >= 0.3 is 6.18 Å². The molecule has 0 spiro atoms. The minimum Gasteiger partial charge on any atom is -0.497 e. The van der Waals surface area contributed by atoms with Crippen molar-refractivity contribution in [2.45, 2.75) is 56.9 Å². The average molecular weight is 417 g/mol. The highest BCUT2D eigenvalue weighted by Crippen LogP contribution is 2.40. The predicted octanol–water partition coefficient (Wildman–Crippen LogP) is 5.73. The molecule has 2 heterocycles. The summed E-state index contributed by atoms with van der Waals surface area (Å²) in [6, 6.07) is 14.2. The molecule has 3 nitrogen and oxygen atoms in total. The third-order valence-electron chi connectivity index (χ3n) is 6.46. The van der Waals surface area contributed by atoms with Crippen molar-refractivity contribution in [1.29, 1.82) is 0 Å². The number of hydrogen-bond donors (Lipinski definition) is 0. The fraction of sp³-hybridized carbons (Fsp3) is 0.458. The van der Waals surface area contributed by atoms with Crippen LogP contribution in [0.1, 0.15) is 53.6 Å². The van der Waals surface area contributed by atoms with Gasteiger partial charge in [0.1, 0.15) is 5.75 Å². The van der Waals surface area contributed by atoms with E-state index in [1.165, 1.54) is 18.7 Å². The van der Waals surface area contributed by atoms with Gasteiger partial charge in [0, 0.05) is 30.1 Å². The fourth-order valence-electron chi connectivity index (χ4n) is 5.00. The Kier molecular flexibility index (Phi) is 5.87. The van der Waals surface area contributed by atoms with E-state index in [2.05, 4.69) is 17.0 Å². The van der Waals surface area contributed by atoms with Gasteiger partial charge in [-0.15, -0.1) is 0 Å². The summed E-state index contributed by atoms with van der Waals surface area (Å²) in [4.78, 5) is 15.7. The number of rotatable bonds is 5. The van der Waals surface area contributed by atoms with Crippen LogP contribution in [0.15, 0.2) is 48.5 Å². The van der Waals surface area contributed by atoms with Gasteiger partial charge in [-0.1, -0.05) is 36.8 Å².